The molecule has 1 aromatic carbocycles. The van der Waals surface area contributed by atoms with Gasteiger partial charge in [-0.15, -0.1) is 21.5 Å². The maximum absolute atomic E-state index is 12.4. The minimum atomic E-state index is -0.0624. The molecule has 0 aliphatic rings. The summed E-state index contributed by atoms with van der Waals surface area (Å²) in [7, 11) is 0. The molecule has 0 spiro atoms. The molecule has 10 heteroatoms. The van der Waals surface area contributed by atoms with Crippen LogP contribution in [-0.2, 0) is 11.2 Å². The molecule has 0 fully saturated rings. The highest BCUT2D eigenvalue weighted by molar-refractivity contribution is 7.99. The lowest BCUT2D eigenvalue weighted by Crippen LogP contribution is -2.21. The molecule has 1 N–H and O–H groups in total. The number of carbonyl (C=O) groups is 2. The number of halogens is 2. The van der Waals surface area contributed by atoms with Gasteiger partial charge in [0.15, 0.2) is 10.9 Å². The summed E-state index contributed by atoms with van der Waals surface area (Å²) >= 11 is 14.5. The monoisotopic (exact) mass is 468 g/mol. The summed E-state index contributed by atoms with van der Waals surface area (Å²) in [6.45, 7) is 2.05. The number of ketones is 1. The third kappa shape index (κ3) is 6.05. The molecule has 0 aliphatic heterocycles. The van der Waals surface area contributed by atoms with Crippen molar-refractivity contribution in [1.82, 2.24) is 20.1 Å². The molecular formula is C19H18Cl2N4O2S2. The number of aromatic nitrogens is 3. The zero-order chi connectivity index (χ0) is 20.8. The van der Waals surface area contributed by atoms with Crippen LogP contribution in [-0.4, -0.2) is 38.8 Å². The number of nitrogens with one attached hydrogen (secondary N) is 1. The van der Waals surface area contributed by atoms with Crippen LogP contribution >= 0.6 is 46.3 Å². The summed E-state index contributed by atoms with van der Waals surface area (Å²) in [6.07, 6.45) is 1.35. The molecule has 152 valence electrons. The maximum atomic E-state index is 12.4. The summed E-state index contributed by atoms with van der Waals surface area (Å²) < 4.78 is 2.51. The van der Waals surface area contributed by atoms with E-state index in [9.17, 15) is 9.59 Å². The van der Waals surface area contributed by atoms with Crippen LogP contribution in [0.4, 0.5) is 0 Å². The molecule has 29 heavy (non-hydrogen) atoms. The topological polar surface area (TPSA) is 76.9 Å². The molecule has 3 aromatic rings. The fourth-order valence-corrected chi connectivity index (χ4v) is 4.63. The highest BCUT2D eigenvalue weighted by atomic mass is 35.5. The highest BCUT2D eigenvalue weighted by Crippen LogP contribution is 2.27. The molecule has 0 atom stereocenters. The molecular weight excluding hydrogens is 451 g/mol. The van der Waals surface area contributed by atoms with Gasteiger partial charge in [0.25, 0.3) is 0 Å². The number of aryl methyl sites for hydroxylation is 1. The van der Waals surface area contributed by atoms with E-state index in [4.69, 9.17) is 23.2 Å². The van der Waals surface area contributed by atoms with Crippen LogP contribution in [0, 0.1) is 0 Å². The summed E-state index contributed by atoms with van der Waals surface area (Å²) in [5, 5.41) is 12.6. The first-order chi connectivity index (χ1) is 13.9. The number of nitrogens with zero attached hydrogens (tertiary/aromatic N) is 3. The van der Waals surface area contributed by atoms with E-state index in [-0.39, 0.29) is 17.4 Å². The van der Waals surface area contributed by atoms with Gasteiger partial charge in [-0.3, -0.25) is 14.2 Å². The Morgan fingerprint density at radius 1 is 1.14 bits per heavy atom. The second-order valence-corrected chi connectivity index (χ2v) is 9.21. The van der Waals surface area contributed by atoms with Gasteiger partial charge in [-0.25, -0.2) is 0 Å². The molecule has 2 aromatic heterocycles. The lowest BCUT2D eigenvalue weighted by atomic mass is 10.2. The average Bonchev–Trinajstić information content (AvgIpc) is 3.30. The standard InChI is InChI=1S/C19H18Cl2N4O2S2/c1-12(26)22-10-2-3-18-23-24-19(25(18)14-6-4-13(20)5-7-14)28-11-15(27)16-8-9-17(21)29-16/h4-9H,2-3,10-11H2,1H3,(H,22,26). The van der Waals surface area contributed by atoms with Crippen molar-refractivity contribution in [3.8, 4) is 5.69 Å². The first-order valence-corrected chi connectivity index (χ1v) is 11.4. The molecule has 1 amide bonds. The first-order valence-electron chi connectivity index (χ1n) is 8.80. The molecule has 0 bridgehead atoms. The summed E-state index contributed by atoms with van der Waals surface area (Å²) in [5.41, 5.74) is 0.864. The van der Waals surface area contributed by atoms with Crippen molar-refractivity contribution in [3.63, 3.8) is 0 Å². The third-order valence-corrected chi connectivity index (χ3v) is 6.37. The van der Waals surface area contributed by atoms with E-state index in [0.29, 0.717) is 32.4 Å². The Kier molecular flexibility index (Phi) is 7.71. The van der Waals surface area contributed by atoms with Crippen LogP contribution in [0.5, 0.6) is 0 Å². The maximum Gasteiger partial charge on any atom is 0.216 e. The quantitative estimate of drug-likeness (QED) is 0.280. The molecule has 0 saturated carbocycles. The first kappa shape index (κ1) is 21.8. The van der Waals surface area contributed by atoms with Crippen LogP contribution in [0.25, 0.3) is 5.69 Å². The van der Waals surface area contributed by atoms with E-state index < -0.39 is 0 Å². The normalized spacial score (nSPS) is 10.9. The van der Waals surface area contributed by atoms with Crippen molar-refractivity contribution in [2.24, 2.45) is 0 Å². The summed E-state index contributed by atoms with van der Waals surface area (Å²) in [4.78, 5) is 24.1. The largest absolute Gasteiger partial charge is 0.356 e. The van der Waals surface area contributed by atoms with Crippen LogP contribution < -0.4 is 5.32 Å². The van der Waals surface area contributed by atoms with Gasteiger partial charge in [0.2, 0.25) is 5.91 Å². The smallest absolute Gasteiger partial charge is 0.216 e. The van der Waals surface area contributed by atoms with Gasteiger partial charge in [0, 0.05) is 30.6 Å². The lowest BCUT2D eigenvalue weighted by molar-refractivity contribution is -0.118. The predicted octanol–water partition coefficient (Wildman–Crippen LogP) is 4.68. The number of rotatable bonds is 9. The van der Waals surface area contributed by atoms with Gasteiger partial charge in [0.05, 0.1) is 15.0 Å². The van der Waals surface area contributed by atoms with Crippen LogP contribution in [0.2, 0.25) is 9.36 Å². The van der Waals surface area contributed by atoms with E-state index in [0.717, 1.165) is 17.9 Å². The van der Waals surface area contributed by atoms with E-state index >= 15 is 0 Å². The zero-order valence-electron chi connectivity index (χ0n) is 15.5. The van der Waals surface area contributed by atoms with E-state index in [1.165, 1.54) is 30.0 Å². The van der Waals surface area contributed by atoms with Gasteiger partial charge in [-0.05, 0) is 42.8 Å². The minimum Gasteiger partial charge on any atom is -0.356 e. The Bertz CT molecular complexity index is 1000. The van der Waals surface area contributed by atoms with Crippen LogP contribution in [0.3, 0.4) is 0 Å². The highest BCUT2D eigenvalue weighted by Gasteiger charge is 2.17. The Hall–Kier alpha value is -1.87. The Morgan fingerprint density at radius 3 is 2.55 bits per heavy atom. The number of carbonyl (C=O) groups excluding carboxylic acids is 2. The summed E-state index contributed by atoms with van der Waals surface area (Å²) in [5.74, 6) is 0.915. The van der Waals surface area contributed by atoms with Crippen molar-refractivity contribution in [2.45, 2.75) is 24.9 Å². The van der Waals surface area contributed by atoms with Gasteiger partial charge in [0.1, 0.15) is 5.82 Å². The fraction of sp³-hybridized carbons (Fsp3) is 0.263. The van der Waals surface area contributed by atoms with Crippen LogP contribution in [0.15, 0.2) is 41.6 Å². The third-order valence-electron chi connectivity index (χ3n) is 3.92. The lowest BCUT2D eigenvalue weighted by Gasteiger charge is -2.10. The molecule has 0 unspecified atom stereocenters. The SMILES string of the molecule is CC(=O)NCCCc1nnc(SCC(=O)c2ccc(Cl)s2)n1-c1ccc(Cl)cc1. The molecule has 0 saturated heterocycles. The molecule has 6 nitrogen and oxygen atoms in total. The van der Waals surface area contributed by atoms with Crippen LogP contribution in [0.1, 0.15) is 28.8 Å². The number of Topliss-reactive ketones (excluding diaryl/α,β-unsaturated/α-hetero) is 1. The van der Waals surface area contributed by atoms with Crippen molar-refractivity contribution in [2.75, 3.05) is 12.3 Å². The Balaban J connectivity index is 1.77. The molecule has 2 heterocycles. The molecule has 0 aliphatic carbocycles. The van der Waals surface area contributed by atoms with Gasteiger partial charge in [-0.2, -0.15) is 0 Å². The second-order valence-electron chi connectivity index (χ2n) is 6.11. The second kappa shape index (κ2) is 10.2. The van der Waals surface area contributed by atoms with Gasteiger partial charge < -0.3 is 5.32 Å². The predicted molar refractivity (Wildman–Crippen MR) is 118 cm³/mol. The Morgan fingerprint density at radius 2 is 1.90 bits per heavy atom. The summed E-state index contributed by atoms with van der Waals surface area (Å²) in [6, 6.07) is 10.8. The van der Waals surface area contributed by atoms with E-state index in [1.54, 1.807) is 24.3 Å². The number of thioether (sulfide) groups is 1. The van der Waals surface area contributed by atoms with Gasteiger partial charge >= 0.3 is 0 Å². The number of thiophene rings is 1. The fourth-order valence-electron chi connectivity index (χ4n) is 2.58. The Labute approximate surface area is 186 Å². The number of hydrogen-bond acceptors (Lipinski definition) is 6. The van der Waals surface area contributed by atoms with Crippen molar-refractivity contribution < 1.29 is 9.59 Å². The van der Waals surface area contributed by atoms with Crippen molar-refractivity contribution >= 4 is 58.0 Å². The number of hydrogen-bond donors (Lipinski definition) is 1. The molecule has 3 rings (SSSR count). The molecule has 0 radical (unpaired) electrons. The number of benzene rings is 1. The van der Waals surface area contributed by atoms with E-state index in [2.05, 4.69) is 15.5 Å². The van der Waals surface area contributed by atoms with Crippen molar-refractivity contribution in [1.29, 1.82) is 0 Å². The number of amides is 1. The minimum absolute atomic E-state index is 0.00948. The zero-order valence-corrected chi connectivity index (χ0v) is 18.7. The van der Waals surface area contributed by atoms with Gasteiger partial charge in [-0.1, -0.05) is 35.0 Å². The average molecular weight is 469 g/mol. The van der Waals surface area contributed by atoms with Crippen molar-refractivity contribution in [3.05, 3.63) is 56.5 Å². The van der Waals surface area contributed by atoms with E-state index in [1.807, 2.05) is 16.7 Å².